The third-order valence-electron chi connectivity index (χ3n) is 5.24. The molecule has 0 saturated carbocycles. The number of hydrogen-bond donors (Lipinski definition) is 1. The summed E-state index contributed by atoms with van der Waals surface area (Å²) in [7, 11) is 1.86. The standard InChI is InChI=1S/C21H22FN5O2/c1-12-17(11-23-27(12)3)20-16(8-9-29-20)21(28)26-19-10-18(24-13(2)25-19)14-4-6-15(22)7-5-14/h4-7,10-11,16,20H,8-9H2,1-3H3,(H,24,25,26,28)/t16-,20-/m0/s1. The Balaban J connectivity index is 1.56. The lowest BCUT2D eigenvalue weighted by molar-refractivity contribution is -0.121. The van der Waals surface area contributed by atoms with Crippen LogP contribution < -0.4 is 5.32 Å². The van der Waals surface area contributed by atoms with Crippen molar-refractivity contribution in [3.8, 4) is 11.3 Å². The molecule has 7 nitrogen and oxygen atoms in total. The van der Waals surface area contributed by atoms with Gasteiger partial charge in [0, 0.05) is 36.5 Å². The number of halogens is 1. The van der Waals surface area contributed by atoms with Gasteiger partial charge < -0.3 is 10.1 Å². The van der Waals surface area contributed by atoms with E-state index in [0.29, 0.717) is 30.4 Å². The number of aromatic nitrogens is 4. The Labute approximate surface area is 167 Å². The molecule has 1 aromatic carbocycles. The highest BCUT2D eigenvalue weighted by atomic mass is 19.1. The summed E-state index contributed by atoms with van der Waals surface area (Å²) in [6.45, 7) is 4.23. The Hall–Kier alpha value is -3.13. The van der Waals surface area contributed by atoms with Crippen LogP contribution >= 0.6 is 0 Å². The molecule has 1 N–H and O–H groups in total. The highest BCUT2D eigenvalue weighted by Crippen LogP contribution is 2.36. The molecule has 0 spiro atoms. The minimum absolute atomic E-state index is 0.154. The summed E-state index contributed by atoms with van der Waals surface area (Å²) in [6.07, 6.45) is 2.05. The van der Waals surface area contributed by atoms with Crippen molar-refractivity contribution in [3.63, 3.8) is 0 Å². The van der Waals surface area contributed by atoms with Crippen LogP contribution in [0.5, 0.6) is 0 Å². The fourth-order valence-electron chi connectivity index (χ4n) is 3.58. The van der Waals surface area contributed by atoms with Crippen LogP contribution in [-0.4, -0.2) is 32.3 Å². The molecule has 0 aliphatic carbocycles. The summed E-state index contributed by atoms with van der Waals surface area (Å²) in [5.41, 5.74) is 3.28. The summed E-state index contributed by atoms with van der Waals surface area (Å²) in [5, 5.41) is 7.16. The number of nitrogens with zero attached hydrogens (tertiary/aromatic N) is 4. The maximum Gasteiger partial charge on any atom is 0.231 e. The summed E-state index contributed by atoms with van der Waals surface area (Å²) >= 11 is 0. The summed E-state index contributed by atoms with van der Waals surface area (Å²) in [5.74, 6) is 0.132. The van der Waals surface area contributed by atoms with Gasteiger partial charge in [0.2, 0.25) is 5.91 Å². The number of rotatable bonds is 4. The number of anilines is 1. The lowest BCUT2D eigenvalue weighted by atomic mass is 9.95. The molecule has 4 rings (SSSR count). The van der Waals surface area contributed by atoms with Crippen molar-refractivity contribution < 1.29 is 13.9 Å². The van der Waals surface area contributed by atoms with Crippen molar-refractivity contribution >= 4 is 11.7 Å². The van der Waals surface area contributed by atoms with Gasteiger partial charge in [-0.15, -0.1) is 0 Å². The van der Waals surface area contributed by atoms with Gasteiger partial charge in [0.15, 0.2) is 0 Å². The molecule has 2 aromatic heterocycles. The van der Waals surface area contributed by atoms with Crippen LogP contribution in [-0.2, 0) is 16.6 Å². The zero-order valence-electron chi connectivity index (χ0n) is 16.5. The monoisotopic (exact) mass is 395 g/mol. The fraction of sp³-hybridized carbons (Fsp3) is 0.333. The predicted molar refractivity (Wildman–Crippen MR) is 106 cm³/mol. The minimum Gasteiger partial charge on any atom is -0.373 e. The molecular weight excluding hydrogens is 373 g/mol. The minimum atomic E-state index is -0.331. The Kier molecular flexibility index (Phi) is 5.10. The first-order valence-corrected chi connectivity index (χ1v) is 9.45. The normalized spacial score (nSPS) is 18.8. The largest absolute Gasteiger partial charge is 0.373 e. The molecule has 0 unspecified atom stereocenters. The van der Waals surface area contributed by atoms with E-state index in [1.54, 1.807) is 36.0 Å². The van der Waals surface area contributed by atoms with E-state index < -0.39 is 0 Å². The molecule has 2 atom stereocenters. The first-order chi connectivity index (χ1) is 13.9. The lowest BCUT2D eigenvalue weighted by Crippen LogP contribution is -2.26. The van der Waals surface area contributed by atoms with E-state index in [2.05, 4.69) is 20.4 Å². The molecule has 8 heteroatoms. The second-order valence-corrected chi connectivity index (χ2v) is 7.18. The number of aryl methyl sites for hydroxylation is 2. The maximum absolute atomic E-state index is 13.2. The smallest absolute Gasteiger partial charge is 0.231 e. The molecule has 1 saturated heterocycles. The second kappa shape index (κ2) is 7.71. The SMILES string of the molecule is Cc1nc(NC(=O)[C@H]2CCO[C@@H]2c2cnn(C)c2C)cc(-c2ccc(F)cc2)n1. The van der Waals surface area contributed by atoms with Crippen LogP contribution in [0.3, 0.4) is 0 Å². The average Bonchev–Trinajstić information content (AvgIpc) is 3.29. The fourth-order valence-corrected chi connectivity index (χ4v) is 3.58. The van der Waals surface area contributed by atoms with Crippen molar-refractivity contribution in [2.24, 2.45) is 13.0 Å². The van der Waals surface area contributed by atoms with Crippen molar-refractivity contribution in [2.75, 3.05) is 11.9 Å². The molecule has 1 amide bonds. The van der Waals surface area contributed by atoms with Crippen molar-refractivity contribution in [3.05, 3.63) is 59.4 Å². The number of benzene rings is 1. The van der Waals surface area contributed by atoms with Gasteiger partial charge in [-0.05, 0) is 44.5 Å². The average molecular weight is 395 g/mol. The summed E-state index contributed by atoms with van der Waals surface area (Å²) < 4.78 is 20.8. The third kappa shape index (κ3) is 3.88. The van der Waals surface area contributed by atoms with Gasteiger partial charge in [-0.25, -0.2) is 14.4 Å². The van der Waals surface area contributed by atoms with Crippen LogP contribution in [0, 0.1) is 25.6 Å². The van der Waals surface area contributed by atoms with Gasteiger partial charge >= 0.3 is 0 Å². The third-order valence-corrected chi connectivity index (χ3v) is 5.24. The summed E-state index contributed by atoms with van der Waals surface area (Å²) in [4.78, 5) is 21.7. The van der Waals surface area contributed by atoms with Gasteiger partial charge in [0.05, 0.1) is 23.9 Å². The number of carbonyl (C=O) groups excluding carboxylic acids is 1. The van der Waals surface area contributed by atoms with Crippen molar-refractivity contribution in [1.82, 2.24) is 19.7 Å². The number of carbonyl (C=O) groups is 1. The lowest BCUT2D eigenvalue weighted by Gasteiger charge is -2.18. The van der Waals surface area contributed by atoms with E-state index in [1.165, 1.54) is 12.1 Å². The first kappa shape index (κ1) is 19.2. The molecule has 3 heterocycles. The Morgan fingerprint density at radius 3 is 2.69 bits per heavy atom. The number of hydrogen-bond acceptors (Lipinski definition) is 5. The topological polar surface area (TPSA) is 81.9 Å². The van der Waals surface area contributed by atoms with E-state index in [-0.39, 0.29) is 23.7 Å². The van der Waals surface area contributed by atoms with E-state index in [4.69, 9.17) is 4.74 Å². The van der Waals surface area contributed by atoms with Gasteiger partial charge in [0.1, 0.15) is 17.5 Å². The van der Waals surface area contributed by atoms with Crippen LogP contribution in [0.2, 0.25) is 0 Å². The molecule has 3 aromatic rings. The summed E-state index contributed by atoms with van der Waals surface area (Å²) in [6, 6.07) is 7.74. The number of nitrogens with one attached hydrogen (secondary N) is 1. The molecule has 1 aliphatic rings. The Morgan fingerprint density at radius 2 is 2.00 bits per heavy atom. The number of amides is 1. The molecule has 0 radical (unpaired) electrons. The van der Waals surface area contributed by atoms with E-state index in [9.17, 15) is 9.18 Å². The predicted octanol–water partition coefficient (Wildman–Crippen LogP) is 3.35. The van der Waals surface area contributed by atoms with Gasteiger partial charge in [-0.2, -0.15) is 5.10 Å². The molecule has 1 fully saturated rings. The second-order valence-electron chi connectivity index (χ2n) is 7.18. The van der Waals surface area contributed by atoms with Crippen molar-refractivity contribution in [2.45, 2.75) is 26.4 Å². The number of ether oxygens (including phenoxy) is 1. The quantitative estimate of drug-likeness (QED) is 0.733. The Bertz CT molecular complexity index is 1050. The molecule has 29 heavy (non-hydrogen) atoms. The highest BCUT2D eigenvalue weighted by molar-refractivity contribution is 5.92. The van der Waals surface area contributed by atoms with E-state index in [1.807, 2.05) is 14.0 Å². The zero-order chi connectivity index (χ0) is 20.5. The molecule has 150 valence electrons. The van der Waals surface area contributed by atoms with Crippen molar-refractivity contribution in [1.29, 1.82) is 0 Å². The highest BCUT2D eigenvalue weighted by Gasteiger charge is 2.37. The molecule has 0 bridgehead atoms. The van der Waals surface area contributed by atoms with E-state index >= 15 is 0 Å². The molecular formula is C21H22FN5O2. The van der Waals surface area contributed by atoms with Crippen LogP contribution in [0.1, 0.15) is 29.6 Å². The zero-order valence-corrected chi connectivity index (χ0v) is 16.5. The molecule has 1 aliphatic heterocycles. The van der Waals surface area contributed by atoms with Crippen LogP contribution in [0.15, 0.2) is 36.5 Å². The maximum atomic E-state index is 13.2. The van der Waals surface area contributed by atoms with Gasteiger partial charge in [-0.1, -0.05) is 0 Å². The van der Waals surface area contributed by atoms with Crippen LogP contribution in [0.4, 0.5) is 10.2 Å². The van der Waals surface area contributed by atoms with Gasteiger partial charge in [0.25, 0.3) is 0 Å². The van der Waals surface area contributed by atoms with Gasteiger partial charge in [-0.3, -0.25) is 9.48 Å². The Morgan fingerprint density at radius 1 is 1.24 bits per heavy atom. The van der Waals surface area contributed by atoms with E-state index in [0.717, 1.165) is 16.8 Å². The van der Waals surface area contributed by atoms with Crippen LogP contribution in [0.25, 0.3) is 11.3 Å². The first-order valence-electron chi connectivity index (χ1n) is 9.45.